The number of para-hydroxylation sites is 1. The molecule has 2 saturated carbocycles. The van der Waals surface area contributed by atoms with Crippen molar-refractivity contribution in [1.29, 1.82) is 0 Å². The first kappa shape index (κ1) is 25.2. The summed E-state index contributed by atoms with van der Waals surface area (Å²) >= 11 is 0. The van der Waals surface area contributed by atoms with Crippen molar-refractivity contribution in [2.45, 2.75) is 82.8 Å². The Labute approximate surface area is 237 Å². The topological polar surface area (TPSA) is 80.3 Å². The summed E-state index contributed by atoms with van der Waals surface area (Å²) in [5.74, 6) is 2.13. The quantitative estimate of drug-likeness (QED) is 0.418. The molecular weight excluding hydrogens is 496 g/mol. The summed E-state index contributed by atoms with van der Waals surface area (Å²) in [5, 5.41) is 24.0. The second-order valence-corrected chi connectivity index (χ2v) is 13.8. The Morgan fingerprint density at radius 2 is 1.65 bits per heavy atom. The number of hydrogen-bond acceptors (Lipinski definition) is 6. The molecule has 2 aliphatic carbocycles. The first-order valence-electron chi connectivity index (χ1n) is 15.9. The third-order valence-corrected chi connectivity index (χ3v) is 11.7. The minimum absolute atomic E-state index is 0.250. The molecule has 7 heteroatoms. The first-order chi connectivity index (χ1) is 19.6. The normalized spacial score (nSPS) is 29.8. The number of aromatic hydroxyl groups is 1. The van der Waals surface area contributed by atoms with E-state index >= 15 is 0 Å². The molecule has 0 unspecified atom stereocenters. The molecule has 0 radical (unpaired) electrons. The van der Waals surface area contributed by atoms with Gasteiger partial charge in [-0.3, -0.25) is 4.90 Å². The van der Waals surface area contributed by atoms with Gasteiger partial charge in [0.25, 0.3) is 0 Å². The number of hydrogen-bond donors (Lipinski definition) is 3. The van der Waals surface area contributed by atoms with E-state index in [2.05, 4.69) is 43.3 Å². The van der Waals surface area contributed by atoms with Gasteiger partial charge in [0.05, 0.1) is 5.69 Å². The average Bonchev–Trinajstić information content (AvgIpc) is 3.31. The molecule has 1 spiro atoms. The van der Waals surface area contributed by atoms with Crippen molar-refractivity contribution in [3.05, 3.63) is 41.6 Å². The van der Waals surface area contributed by atoms with Crippen LogP contribution in [-0.4, -0.2) is 74.9 Å². The van der Waals surface area contributed by atoms with Gasteiger partial charge in [-0.05, 0) is 112 Å². The van der Waals surface area contributed by atoms with Crippen molar-refractivity contribution in [2.75, 3.05) is 32.7 Å². The number of likely N-dealkylation sites (tertiary alicyclic amines) is 1. The summed E-state index contributed by atoms with van der Waals surface area (Å²) in [6, 6.07) is 11.5. The van der Waals surface area contributed by atoms with Crippen LogP contribution in [0, 0.1) is 17.3 Å². The molecule has 40 heavy (non-hydrogen) atoms. The third kappa shape index (κ3) is 4.19. The maximum absolute atomic E-state index is 10.4. The van der Waals surface area contributed by atoms with Gasteiger partial charge in [-0.1, -0.05) is 12.1 Å². The van der Waals surface area contributed by atoms with E-state index < -0.39 is 0 Å². The second kappa shape index (κ2) is 9.81. The Hall–Kier alpha value is -2.48. The summed E-state index contributed by atoms with van der Waals surface area (Å²) in [6.07, 6.45) is 12.3. The maximum atomic E-state index is 10.4. The van der Waals surface area contributed by atoms with Crippen molar-refractivity contribution < 1.29 is 5.11 Å². The van der Waals surface area contributed by atoms with Gasteiger partial charge >= 0.3 is 0 Å². The van der Waals surface area contributed by atoms with Crippen molar-refractivity contribution in [2.24, 2.45) is 17.3 Å². The largest absolute Gasteiger partial charge is 0.507 e. The molecule has 1 aromatic carbocycles. The van der Waals surface area contributed by atoms with Crippen LogP contribution in [0.5, 0.6) is 5.75 Å². The Morgan fingerprint density at radius 3 is 2.38 bits per heavy atom. The maximum Gasteiger partial charge on any atom is 0.160 e. The lowest BCUT2D eigenvalue weighted by atomic mass is 9.61. The predicted molar refractivity (Wildman–Crippen MR) is 158 cm³/mol. The lowest BCUT2D eigenvalue weighted by Gasteiger charge is -2.58. The summed E-state index contributed by atoms with van der Waals surface area (Å²) in [4.78, 5) is 9.20. The highest BCUT2D eigenvalue weighted by atomic mass is 16.3. The van der Waals surface area contributed by atoms with Crippen LogP contribution in [-0.2, 0) is 6.42 Å². The van der Waals surface area contributed by atoms with Crippen LogP contribution in [0.25, 0.3) is 22.3 Å². The zero-order valence-electron chi connectivity index (χ0n) is 23.9. The van der Waals surface area contributed by atoms with Crippen LogP contribution >= 0.6 is 0 Å². The SMILES string of the molecule is C[C@@H]1c2c([nH]c3nnc(-c4ccccc4O)cc23)CCN1C1CCC(C2CCN(C3CC4(CNC4)C3)CC2)CC1. The van der Waals surface area contributed by atoms with Gasteiger partial charge in [0.1, 0.15) is 5.75 Å². The molecular formula is C33H44N6O. The summed E-state index contributed by atoms with van der Waals surface area (Å²) in [6.45, 7) is 8.74. The summed E-state index contributed by atoms with van der Waals surface area (Å²) in [5.41, 5.74) is 5.74. The zero-order chi connectivity index (χ0) is 26.8. The molecule has 5 aliphatic rings. The van der Waals surface area contributed by atoms with E-state index in [9.17, 15) is 5.11 Å². The molecule has 2 aromatic heterocycles. The molecule has 3 aromatic rings. The van der Waals surface area contributed by atoms with Gasteiger partial charge in [0, 0.05) is 60.8 Å². The predicted octanol–water partition coefficient (Wildman–Crippen LogP) is 5.27. The Balaban J connectivity index is 0.910. The van der Waals surface area contributed by atoms with Crippen molar-refractivity contribution in [3.63, 3.8) is 0 Å². The van der Waals surface area contributed by atoms with Crippen LogP contribution < -0.4 is 5.32 Å². The Kier molecular flexibility index (Phi) is 6.19. The smallest absolute Gasteiger partial charge is 0.160 e. The first-order valence-corrected chi connectivity index (χ1v) is 15.9. The van der Waals surface area contributed by atoms with Gasteiger partial charge < -0.3 is 20.3 Å². The molecule has 5 heterocycles. The van der Waals surface area contributed by atoms with E-state index in [1.165, 1.54) is 88.8 Å². The lowest BCUT2D eigenvalue weighted by molar-refractivity contribution is -0.0507. The van der Waals surface area contributed by atoms with Crippen molar-refractivity contribution in [3.8, 4) is 17.0 Å². The van der Waals surface area contributed by atoms with Crippen LogP contribution in [0.2, 0.25) is 0 Å². The number of aromatic nitrogens is 3. The average molecular weight is 541 g/mol. The fourth-order valence-corrected chi connectivity index (χ4v) is 9.28. The minimum atomic E-state index is 0.250. The molecule has 3 N–H and O–H groups in total. The van der Waals surface area contributed by atoms with E-state index in [0.717, 1.165) is 53.1 Å². The van der Waals surface area contributed by atoms with Crippen LogP contribution in [0.4, 0.5) is 0 Å². The zero-order valence-corrected chi connectivity index (χ0v) is 23.9. The number of H-pyrrole nitrogens is 1. The molecule has 3 aliphatic heterocycles. The van der Waals surface area contributed by atoms with Crippen LogP contribution in [0.1, 0.15) is 75.6 Å². The van der Waals surface area contributed by atoms with E-state index in [1.54, 1.807) is 6.07 Å². The Bertz CT molecular complexity index is 1370. The van der Waals surface area contributed by atoms with Crippen LogP contribution in [0.3, 0.4) is 0 Å². The van der Waals surface area contributed by atoms with Gasteiger partial charge in [-0.2, -0.15) is 0 Å². The fourth-order valence-electron chi connectivity index (χ4n) is 9.28. The highest BCUT2D eigenvalue weighted by Crippen LogP contribution is 2.48. The molecule has 0 bridgehead atoms. The fraction of sp³-hybridized carbons (Fsp3) is 0.636. The number of phenols is 1. The number of rotatable bonds is 4. The van der Waals surface area contributed by atoms with Crippen LogP contribution in [0.15, 0.2) is 30.3 Å². The molecule has 2 saturated heterocycles. The number of benzene rings is 1. The highest BCUT2D eigenvalue weighted by Gasteiger charge is 2.50. The van der Waals surface area contributed by atoms with Crippen molar-refractivity contribution >= 4 is 11.0 Å². The van der Waals surface area contributed by atoms with Crippen molar-refractivity contribution in [1.82, 2.24) is 30.3 Å². The molecule has 8 rings (SSSR count). The van der Waals surface area contributed by atoms with E-state index in [4.69, 9.17) is 0 Å². The third-order valence-electron chi connectivity index (χ3n) is 11.7. The minimum Gasteiger partial charge on any atom is -0.507 e. The number of piperidine rings is 1. The molecule has 1 atom stereocenters. The van der Waals surface area contributed by atoms with Gasteiger partial charge in [-0.25, -0.2) is 0 Å². The number of nitrogens with zero attached hydrogens (tertiary/aromatic N) is 4. The number of fused-ring (bicyclic) bond motifs is 3. The molecule has 4 fully saturated rings. The van der Waals surface area contributed by atoms with Gasteiger partial charge in [0.15, 0.2) is 5.65 Å². The second-order valence-electron chi connectivity index (χ2n) is 13.8. The molecule has 0 amide bonds. The monoisotopic (exact) mass is 540 g/mol. The number of phenolic OH excluding ortho intramolecular Hbond substituents is 1. The summed E-state index contributed by atoms with van der Waals surface area (Å²) in [7, 11) is 0. The lowest BCUT2D eigenvalue weighted by Crippen LogP contribution is -2.65. The van der Waals surface area contributed by atoms with E-state index in [0.29, 0.717) is 17.5 Å². The Morgan fingerprint density at radius 1 is 0.900 bits per heavy atom. The van der Waals surface area contributed by atoms with E-state index in [-0.39, 0.29) is 5.75 Å². The number of aromatic amines is 1. The standard InChI is InChI=1S/C33H44N6O/c1-21-31-27-16-29(26-4-2-3-5-30(26)40)36-37-32(27)35-28(31)12-15-39(21)24-8-6-22(7-9-24)23-10-13-38(14-11-23)25-17-33(18-25)19-34-20-33/h2-5,16,21-25,34,40H,6-15,17-20H2,1H3,(H,35,37)/t21-,22?,24?/m1/s1. The summed E-state index contributed by atoms with van der Waals surface area (Å²) < 4.78 is 0. The van der Waals surface area contributed by atoms with Gasteiger partial charge in [-0.15, -0.1) is 10.2 Å². The van der Waals surface area contributed by atoms with Gasteiger partial charge in [0.2, 0.25) is 0 Å². The molecule has 212 valence electrons. The highest BCUT2D eigenvalue weighted by molar-refractivity contribution is 5.86. The molecule has 7 nitrogen and oxygen atoms in total. The number of nitrogens with one attached hydrogen (secondary N) is 2. The van der Waals surface area contributed by atoms with E-state index in [1.807, 2.05) is 18.2 Å².